The third-order valence-electron chi connectivity index (χ3n) is 6.41. The van der Waals surface area contributed by atoms with Gasteiger partial charge < -0.3 is 15.2 Å². The van der Waals surface area contributed by atoms with Crippen LogP contribution >= 0.6 is 11.3 Å². The van der Waals surface area contributed by atoms with Gasteiger partial charge in [0.25, 0.3) is 0 Å². The molecule has 2 aliphatic rings. The van der Waals surface area contributed by atoms with Crippen LogP contribution in [0.2, 0.25) is 0 Å². The van der Waals surface area contributed by atoms with Gasteiger partial charge in [0, 0.05) is 24.1 Å². The van der Waals surface area contributed by atoms with Crippen LogP contribution in [0.4, 0.5) is 0 Å². The lowest BCUT2D eigenvalue weighted by Crippen LogP contribution is -2.42. The number of benzene rings is 2. The fourth-order valence-electron chi connectivity index (χ4n) is 4.85. The van der Waals surface area contributed by atoms with E-state index in [0.717, 1.165) is 30.5 Å². The van der Waals surface area contributed by atoms with E-state index in [0.29, 0.717) is 22.8 Å². The number of hydrogen-bond donors (Lipinski definition) is 2. The lowest BCUT2D eigenvalue weighted by molar-refractivity contribution is -0.168. The molecule has 3 aromatic rings. The first-order chi connectivity index (χ1) is 14.7. The van der Waals surface area contributed by atoms with E-state index < -0.39 is 11.6 Å². The monoisotopic (exact) mass is 419 g/mol. The summed E-state index contributed by atoms with van der Waals surface area (Å²) in [7, 11) is 0. The van der Waals surface area contributed by atoms with Crippen LogP contribution in [0, 0.1) is 5.92 Å². The van der Waals surface area contributed by atoms with Gasteiger partial charge in [0.05, 0.1) is 4.88 Å². The number of fused-ring (bicyclic) bond motifs is 2. The number of rotatable bonds is 6. The molecule has 4 nitrogen and oxygen atoms in total. The molecule has 30 heavy (non-hydrogen) atoms. The first-order valence-electron chi connectivity index (χ1n) is 10.5. The fourth-order valence-corrected chi connectivity index (χ4v) is 5.67. The van der Waals surface area contributed by atoms with Crippen LogP contribution < -0.4 is 5.32 Å². The Balaban J connectivity index is 1.53. The molecule has 2 N–H and O–H groups in total. The van der Waals surface area contributed by atoms with Crippen molar-refractivity contribution in [1.29, 1.82) is 0 Å². The molecule has 5 rings (SSSR count). The molecule has 1 saturated carbocycles. The summed E-state index contributed by atoms with van der Waals surface area (Å²) in [6.07, 6.45) is 2.56. The van der Waals surface area contributed by atoms with Crippen molar-refractivity contribution in [2.45, 2.75) is 37.0 Å². The van der Waals surface area contributed by atoms with Crippen molar-refractivity contribution in [2.24, 2.45) is 5.92 Å². The Labute approximate surface area is 180 Å². The van der Waals surface area contributed by atoms with Crippen LogP contribution in [0.15, 0.2) is 72.1 Å². The van der Waals surface area contributed by atoms with Gasteiger partial charge in [-0.15, -0.1) is 11.3 Å². The van der Waals surface area contributed by atoms with Crippen LogP contribution in [0.1, 0.15) is 34.4 Å². The van der Waals surface area contributed by atoms with Gasteiger partial charge in [0.2, 0.25) is 5.60 Å². The predicted octanol–water partition coefficient (Wildman–Crippen LogP) is 3.87. The second kappa shape index (κ2) is 7.99. The van der Waals surface area contributed by atoms with Crippen LogP contribution in [-0.4, -0.2) is 29.8 Å². The summed E-state index contributed by atoms with van der Waals surface area (Å²) in [5.41, 5.74) is 0.829. The van der Waals surface area contributed by atoms with Crippen molar-refractivity contribution in [3.8, 4) is 0 Å². The Morgan fingerprint density at radius 2 is 1.87 bits per heavy atom. The highest BCUT2D eigenvalue weighted by atomic mass is 32.1. The third kappa shape index (κ3) is 3.37. The van der Waals surface area contributed by atoms with Crippen LogP contribution in [0.25, 0.3) is 0 Å². The quantitative estimate of drug-likeness (QED) is 0.596. The van der Waals surface area contributed by atoms with Crippen molar-refractivity contribution in [3.63, 3.8) is 0 Å². The molecular formula is C25H25NO3S. The van der Waals surface area contributed by atoms with Gasteiger partial charge >= 0.3 is 5.97 Å². The standard InChI is InChI=1S/C25H25NO3S/c27-24(29-23-19-12-13-21(23)26-16-19)25(28,22-11-6-14-30-22)20-10-5-4-9-18(20)15-17-7-2-1-3-8-17/h1-11,14,19,21,23,26,28H,12-13,15-16H2. The number of aliphatic hydroxyl groups is 1. The van der Waals surface area contributed by atoms with Gasteiger partial charge in [-0.1, -0.05) is 60.7 Å². The summed E-state index contributed by atoms with van der Waals surface area (Å²) in [5, 5.41) is 17.2. The van der Waals surface area contributed by atoms with E-state index in [1.165, 1.54) is 11.3 Å². The van der Waals surface area contributed by atoms with Gasteiger partial charge in [-0.3, -0.25) is 0 Å². The molecular weight excluding hydrogens is 394 g/mol. The molecule has 1 aliphatic heterocycles. The number of hydrogen-bond acceptors (Lipinski definition) is 5. The third-order valence-corrected chi connectivity index (χ3v) is 7.39. The number of carbonyl (C=O) groups excluding carboxylic acids is 1. The van der Waals surface area contributed by atoms with E-state index >= 15 is 0 Å². The zero-order chi connectivity index (χ0) is 20.6. The zero-order valence-corrected chi connectivity index (χ0v) is 17.5. The summed E-state index contributed by atoms with van der Waals surface area (Å²) >= 11 is 1.38. The second-order valence-electron chi connectivity index (χ2n) is 8.23. The SMILES string of the molecule is O=C(OC1C2CCC1NC2)C(O)(c1cccs1)c1ccccc1Cc1ccccc1. The molecule has 2 aromatic carbocycles. The average Bonchev–Trinajstić information content (AvgIpc) is 3.53. The molecule has 0 amide bonds. The molecule has 4 atom stereocenters. The summed E-state index contributed by atoms with van der Waals surface area (Å²) in [6.45, 7) is 0.880. The maximum Gasteiger partial charge on any atom is 0.348 e. The Morgan fingerprint density at radius 3 is 2.53 bits per heavy atom. The van der Waals surface area contributed by atoms with Crippen molar-refractivity contribution >= 4 is 17.3 Å². The maximum atomic E-state index is 13.6. The zero-order valence-electron chi connectivity index (χ0n) is 16.7. The molecule has 154 valence electrons. The number of nitrogens with one attached hydrogen (secondary N) is 1. The number of thiophene rings is 1. The number of carbonyl (C=O) groups is 1. The Morgan fingerprint density at radius 1 is 1.07 bits per heavy atom. The molecule has 1 aromatic heterocycles. The minimum absolute atomic E-state index is 0.162. The van der Waals surface area contributed by atoms with E-state index in [2.05, 4.69) is 17.4 Å². The predicted molar refractivity (Wildman–Crippen MR) is 117 cm³/mol. The topological polar surface area (TPSA) is 58.6 Å². The second-order valence-corrected chi connectivity index (χ2v) is 9.18. The van der Waals surface area contributed by atoms with Crippen molar-refractivity contribution < 1.29 is 14.6 Å². The fraction of sp³-hybridized carbons (Fsp3) is 0.320. The summed E-state index contributed by atoms with van der Waals surface area (Å²) in [5.74, 6) is -0.234. The normalized spacial score (nSPS) is 24.5. The lowest BCUT2D eigenvalue weighted by atomic mass is 9.86. The largest absolute Gasteiger partial charge is 0.458 e. The molecule has 4 unspecified atom stereocenters. The van der Waals surface area contributed by atoms with E-state index in [1.807, 2.05) is 60.0 Å². The molecule has 2 heterocycles. The van der Waals surface area contributed by atoms with Crippen molar-refractivity contribution in [3.05, 3.63) is 93.7 Å². The van der Waals surface area contributed by atoms with Gasteiger partial charge in [0.15, 0.2) is 0 Å². The van der Waals surface area contributed by atoms with E-state index in [9.17, 15) is 9.90 Å². The Kier molecular flexibility index (Phi) is 5.19. The molecule has 2 bridgehead atoms. The highest BCUT2D eigenvalue weighted by Gasteiger charge is 2.50. The van der Waals surface area contributed by atoms with Crippen LogP contribution in [0.5, 0.6) is 0 Å². The first kappa shape index (κ1) is 19.5. The molecule has 1 aliphatic carbocycles. The molecule has 1 saturated heterocycles. The molecule has 0 spiro atoms. The molecule has 2 fully saturated rings. The van der Waals surface area contributed by atoms with Crippen LogP contribution in [-0.2, 0) is 21.6 Å². The number of piperidine rings is 1. The van der Waals surface area contributed by atoms with Gasteiger partial charge in [-0.05, 0) is 41.8 Å². The highest BCUT2D eigenvalue weighted by Crippen LogP contribution is 2.40. The summed E-state index contributed by atoms with van der Waals surface area (Å²) in [6, 6.07) is 21.6. The van der Waals surface area contributed by atoms with Crippen LogP contribution in [0.3, 0.4) is 0 Å². The minimum atomic E-state index is -1.82. The van der Waals surface area contributed by atoms with Crippen molar-refractivity contribution in [1.82, 2.24) is 5.32 Å². The maximum absolute atomic E-state index is 13.6. The number of esters is 1. The van der Waals surface area contributed by atoms with Gasteiger partial charge in [0.1, 0.15) is 6.10 Å². The van der Waals surface area contributed by atoms with Crippen molar-refractivity contribution in [2.75, 3.05) is 6.54 Å². The highest BCUT2D eigenvalue weighted by molar-refractivity contribution is 7.10. The van der Waals surface area contributed by atoms with E-state index in [-0.39, 0.29) is 12.1 Å². The van der Waals surface area contributed by atoms with E-state index in [4.69, 9.17) is 4.74 Å². The lowest BCUT2D eigenvalue weighted by Gasteiger charge is -2.30. The molecule has 5 heteroatoms. The Hall–Kier alpha value is -2.47. The van der Waals surface area contributed by atoms with E-state index in [1.54, 1.807) is 0 Å². The smallest absolute Gasteiger partial charge is 0.348 e. The first-order valence-corrected chi connectivity index (χ1v) is 11.4. The molecule has 0 radical (unpaired) electrons. The van der Waals surface area contributed by atoms with Gasteiger partial charge in [-0.2, -0.15) is 0 Å². The Bertz CT molecular complexity index is 1000. The number of ether oxygens (including phenoxy) is 1. The average molecular weight is 420 g/mol. The summed E-state index contributed by atoms with van der Waals surface area (Å²) < 4.78 is 6.00. The minimum Gasteiger partial charge on any atom is -0.458 e. The van der Waals surface area contributed by atoms with Gasteiger partial charge in [-0.25, -0.2) is 4.79 Å². The summed E-state index contributed by atoms with van der Waals surface area (Å²) in [4.78, 5) is 14.1.